The van der Waals surface area contributed by atoms with Crippen LogP contribution in [-0.4, -0.2) is 28.8 Å². The number of hydrogen-bond donors (Lipinski definition) is 1. The smallest absolute Gasteiger partial charge is 0.243 e. The molecule has 0 heterocycles. The summed E-state index contributed by atoms with van der Waals surface area (Å²) in [5.41, 5.74) is 1.81. The minimum Gasteiger partial charge on any atom is -0.352 e. The summed E-state index contributed by atoms with van der Waals surface area (Å²) in [6.45, 7) is 3.88. The average molecular weight is 501 g/mol. The third kappa shape index (κ3) is 7.05. The zero-order valence-electron chi connectivity index (χ0n) is 19.1. The molecule has 34 heavy (non-hydrogen) atoms. The number of carbonyl (C=O) groups is 2. The van der Waals surface area contributed by atoms with E-state index in [0.717, 1.165) is 11.1 Å². The molecule has 0 unspecified atom stereocenters. The molecule has 0 aromatic heterocycles. The first-order chi connectivity index (χ1) is 16.2. The summed E-state index contributed by atoms with van der Waals surface area (Å²) in [4.78, 5) is 28.4. The molecule has 0 saturated carbocycles. The molecule has 3 aromatic carbocycles. The SMILES string of the molecule is CC(C)NC(=O)[C@H](Cc1ccccc1)N(Cc1ccc(Cl)cc1)C(=O)Cc1c(F)cccc1Cl. The number of amides is 2. The highest BCUT2D eigenvalue weighted by Gasteiger charge is 2.31. The zero-order chi connectivity index (χ0) is 24.7. The van der Waals surface area contributed by atoms with Gasteiger partial charge in [-0.2, -0.15) is 0 Å². The summed E-state index contributed by atoms with van der Waals surface area (Å²) >= 11 is 12.2. The van der Waals surface area contributed by atoms with Crippen molar-refractivity contribution in [2.24, 2.45) is 0 Å². The summed E-state index contributed by atoms with van der Waals surface area (Å²) in [5, 5.41) is 3.67. The van der Waals surface area contributed by atoms with Crippen molar-refractivity contribution in [3.8, 4) is 0 Å². The molecule has 0 radical (unpaired) electrons. The van der Waals surface area contributed by atoms with Gasteiger partial charge >= 0.3 is 0 Å². The lowest BCUT2D eigenvalue weighted by molar-refractivity contribution is -0.141. The lowest BCUT2D eigenvalue weighted by atomic mass is 10.0. The third-order valence-corrected chi connectivity index (χ3v) is 5.96. The molecule has 1 atom stereocenters. The van der Waals surface area contributed by atoms with Crippen LogP contribution < -0.4 is 5.32 Å². The lowest BCUT2D eigenvalue weighted by Gasteiger charge is -2.32. The van der Waals surface area contributed by atoms with E-state index >= 15 is 0 Å². The molecule has 0 aliphatic heterocycles. The van der Waals surface area contributed by atoms with Crippen LogP contribution in [0.15, 0.2) is 72.8 Å². The fourth-order valence-corrected chi connectivity index (χ4v) is 4.03. The van der Waals surface area contributed by atoms with E-state index in [2.05, 4.69) is 5.32 Å². The molecule has 0 spiro atoms. The van der Waals surface area contributed by atoms with Crippen LogP contribution in [-0.2, 0) is 29.0 Å². The van der Waals surface area contributed by atoms with Gasteiger partial charge in [0.15, 0.2) is 0 Å². The highest BCUT2D eigenvalue weighted by atomic mass is 35.5. The van der Waals surface area contributed by atoms with Gasteiger partial charge in [0.25, 0.3) is 0 Å². The molecule has 2 amide bonds. The number of halogens is 3. The topological polar surface area (TPSA) is 49.4 Å². The Morgan fingerprint density at radius 3 is 2.21 bits per heavy atom. The van der Waals surface area contributed by atoms with Crippen LogP contribution in [0.3, 0.4) is 0 Å². The maximum Gasteiger partial charge on any atom is 0.243 e. The van der Waals surface area contributed by atoms with Crippen molar-refractivity contribution in [2.45, 2.75) is 45.3 Å². The van der Waals surface area contributed by atoms with Gasteiger partial charge in [-0.25, -0.2) is 4.39 Å². The van der Waals surface area contributed by atoms with Crippen LogP contribution >= 0.6 is 23.2 Å². The van der Waals surface area contributed by atoms with Crippen molar-refractivity contribution >= 4 is 35.0 Å². The van der Waals surface area contributed by atoms with E-state index in [0.29, 0.717) is 11.4 Å². The molecule has 1 N–H and O–H groups in total. The summed E-state index contributed by atoms with van der Waals surface area (Å²) < 4.78 is 14.5. The number of rotatable bonds is 9. The van der Waals surface area contributed by atoms with Crippen molar-refractivity contribution in [2.75, 3.05) is 0 Å². The van der Waals surface area contributed by atoms with Gasteiger partial charge < -0.3 is 10.2 Å². The van der Waals surface area contributed by atoms with E-state index in [-0.39, 0.29) is 35.5 Å². The first-order valence-corrected chi connectivity index (χ1v) is 11.8. The summed E-state index contributed by atoms with van der Waals surface area (Å²) in [6, 6.07) is 19.9. The van der Waals surface area contributed by atoms with E-state index in [1.807, 2.05) is 44.2 Å². The molecule has 0 saturated heterocycles. The van der Waals surface area contributed by atoms with E-state index < -0.39 is 17.8 Å². The van der Waals surface area contributed by atoms with Crippen molar-refractivity contribution in [1.29, 1.82) is 0 Å². The highest BCUT2D eigenvalue weighted by Crippen LogP contribution is 2.23. The largest absolute Gasteiger partial charge is 0.352 e. The minimum absolute atomic E-state index is 0.109. The Morgan fingerprint density at radius 1 is 0.912 bits per heavy atom. The Hall–Kier alpha value is -2.89. The van der Waals surface area contributed by atoms with E-state index in [4.69, 9.17) is 23.2 Å². The number of hydrogen-bond acceptors (Lipinski definition) is 2. The number of carbonyl (C=O) groups excluding carboxylic acids is 2. The van der Waals surface area contributed by atoms with Crippen molar-refractivity contribution < 1.29 is 14.0 Å². The van der Waals surface area contributed by atoms with Crippen molar-refractivity contribution in [1.82, 2.24) is 10.2 Å². The highest BCUT2D eigenvalue weighted by molar-refractivity contribution is 6.31. The maximum atomic E-state index is 14.5. The minimum atomic E-state index is -0.807. The summed E-state index contributed by atoms with van der Waals surface area (Å²) in [5.74, 6) is -1.24. The summed E-state index contributed by atoms with van der Waals surface area (Å²) in [7, 11) is 0. The van der Waals surface area contributed by atoms with Crippen LogP contribution in [0.2, 0.25) is 10.0 Å². The molecular weight excluding hydrogens is 474 g/mol. The van der Waals surface area contributed by atoms with Gasteiger partial charge in [0.1, 0.15) is 11.9 Å². The van der Waals surface area contributed by atoms with Gasteiger partial charge in [-0.15, -0.1) is 0 Å². The molecule has 3 rings (SSSR count). The van der Waals surface area contributed by atoms with Crippen molar-refractivity contribution in [3.05, 3.63) is 105 Å². The molecule has 0 aliphatic carbocycles. The quantitative estimate of drug-likeness (QED) is 0.401. The first kappa shape index (κ1) is 25.7. The van der Waals surface area contributed by atoms with Gasteiger partial charge in [0.05, 0.1) is 6.42 Å². The van der Waals surface area contributed by atoms with Crippen LogP contribution in [0.5, 0.6) is 0 Å². The molecule has 0 bridgehead atoms. The normalized spacial score (nSPS) is 11.8. The monoisotopic (exact) mass is 500 g/mol. The summed E-state index contributed by atoms with van der Waals surface area (Å²) in [6.07, 6.45) is 0.0447. The second kappa shape index (κ2) is 12.0. The molecule has 4 nitrogen and oxygen atoms in total. The van der Waals surface area contributed by atoms with E-state index in [1.54, 1.807) is 30.3 Å². The van der Waals surface area contributed by atoms with Gasteiger partial charge in [-0.05, 0) is 49.2 Å². The van der Waals surface area contributed by atoms with E-state index in [9.17, 15) is 14.0 Å². The molecule has 3 aromatic rings. The number of nitrogens with zero attached hydrogens (tertiary/aromatic N) is 1. The van der Waals surface area contributed by atoms with Crippen LogP contribution in [0, 0.1) is 5.82 Å². The first-order valence-electron chi connectivity index (χ1n) is 11.1. The Bertz CT molecular complexity index is 1100. The molecule has 7 heteroatoms. The molecule has 178 valence electrons. The van der Waals surface area contributed by atoms with E-state index in [1.165, 1.54) is 17.0 Å². The van der Waals surface area contributed by atoms with Gasteiger partial charge in [-0.1, -0.05) is 71.7 Å². The predicted molar refractivity (Wildman–Crippen MR) is 134 cm³/mol. The lowest BCUT2D eigenvalue weighted by Crippen LogP contribution is -2.52. The van der Waals surface area contributed by atoms with Crippen LogP contribution in [0.25, 0.3) is 0 Å². The Labute approximate surface area is 209 Å². The second-order valence-corrected chi connectivity index (χ2v) is 9.24. The maximum absolute atomic E-state index is 14.5. The molecular formula is C27H27Cl2FN2O2. The van der Waals surface area contributed by atoms with Gasteiger partial charge in [0.2, 0.25) is 11.8 Å². The Balaban J connectivity index is 2.00. The van der Waals surface area contributed by atoms with Crippen LogP contribution in [0.1, 0.15) is 30.5 Å². The van der Waals surface area contributed by atoms with Gasteiger partial charge in [-0.3, -0.25) is 9.59 Å². The molecule has 0 aliphatic rings. The van der Waals surface area contributed by atoms with Crippen molar-refractivity contribution in [3.63, 3.8) is 0 Å². The molecule has 0 fully saturated rings. The number of benzene rings is 3. The standard InChI is InChI=1S/C27H27Cl2FN2O2/c1-18(2)31-27(34)25(15-19-7-4-3-5-8-19)32(17-20-11-13-21(28)14-12-20)26(33)16-22-23(29)9-6-10-24(22)30/h3-14,18,25H,15-17H2,1-2H3,(H,31,34)/t25-/m0/s1. The second-order valence-electron chi connectivity index (χ2n) is 8.39. The average Bonchev–Trinajstić information content (AvgIpc) is 2.80. The fourth-order valence-electron chi connectivity index (χ4n) is 3.68. The predicted octanol–water partition coefficient (Wildman–Crippen LogP) is 5.84. The van der Waals surface area contributed by atoms with Crippen LogP contribution in [0.4, 0.5) is 4.39 Å². The Morgan fingerprint density at radius 2 is 1.59 bits per heavy atom. The zero-order valence-corrected chi connectivity index (χ0v) is 20.6. The third-order valence-electron chi connectivity index (χ3n) is 5.36. The number of nitrogens with one attached hydrogen (secondary N) is 1. The fraction of sp³-hybridized carbons (Fsp3) is 0.259. The Kier molecular flexibility index (Phi) is 9.08. The van der Waals surface area contributed by atoms with Gasteiger partial charge in [0, 0.05) is 34.6 Å².